The standard InChI is InChI=1S/C10H20N2O3S/c1-16(14,15)7-10(13)12-9-5-3-2-4-8(9)6-11/h8-9H,2-7,11H2,1H3,(H,12,13). The van der Waals surface area contributed by atoms with E-state index in [1.165, 1.54) is 0 Å². The topological polar surface area (TPSA) is 89.3 Å². The van der Waals surface area contributed by atoms with Crippen LogP contribution in [0.3, 0.4) is 0 Å². The Bertz CT molecular complexity index is 340. The molecule has 0 aromatic carbocycles. The third kappa shape index (κ3) is 4.49. The van der Waals surface area contributed by atoms with Crippen molar-refractivity contribution in [3.8, 4) is 0 Å². The van der Waals surface area contributed by atoms with Crippen LogP contribution < -0.4 is 11.1 Å². The van der Waals surface area contributed by atoms with Crippen molar-refractivity contribution in [3.05, 3.63) is 0 Å². The van der Waals surface area contributed by atoms with Gasteiger partial charge in [0.15, 0.2) is 9.84 Å². The molecule has 0 radical (unpaired) electrons. The van der Waals surface area contributed by atoms with Crippen molar-refractivity contribution in [2.45, 2.75) is 31.7 Å². The number of sulfone groups is 1. The molecule has 0 heterocycles. The SMILES string of the molecule is CS(=O)(=O)CC(=O)NC1CCCCC1CN. The van der Waals surface area contributed by atoms with Gasteiger partial charge in [-0.2, -0.15) is 0 Å². The Hall–Kier alpha value is -0.620. The number of nitrogens with two attached hydrogens (primary N) is 1. The number of hydrogen-bond acceptors (Lipinski definition) is 4. The summed E-state index contributed by atoms with van der Waals surface area (Å²) >= 11 is 0. The van der Waals surface area contributed by atoms with E-state index in [-0.39, 0.29) is 12.0 Å². The molecule has 2 atom stereocenters. The predicted molar refractivity (Wildman–Crippen MR) is 62.7 cm³/mol. The highest BCUT2D eigenvalue weighted by molar-refractivity contribution is 7.91. The molecule has 16 heavy (non-hydrogen) atoms. The van der Waals surface area contributed by atoms with Gasteiger partial charge in [0.2, 0.25) is 5.91 Å². The van der Waals surface area contributed by atoms with Crippen LogP contribution in [0.2, 0.25) is 0 Å². The summed E-state index contributed by atoms with van der Waals surface area (Å²) in [6.07, 6.45) is 5.19. The van der Waals surface area contributed by atoms with E-state index in [0.29, 0.717) is 6.54 Å². The third-order valence-electron chi connectivity index (χ3n) is 2.95. The Kier molecular flexibility index (Phi) is 4.73. The van der Waals surface area contributed by atoms with Crippen molar-refractivity contribution in [2.75, 3.05) is 18.6 Å². The second-order valence-electron chi connectivity index (χ2n) is 4.52. The number of carbonyl (C=O) groups excluding carboxylic acids is 1. The number of rotatable bonds is 4. The van der Waals surface area contributed by atoms with Gasteiger partial charge in [-0.15, -0.1) is 0 Å². The summed E-state index contributed by atoms with van der Waals surface area (Å²) in [5.74, 6) is -0.550. The average Bonchev–Trinajstić information content (AvgIpc) is 2.15. The first-order valence-corrected chi connectivity index (χ1v) is 7.65. The maximum atomic E-state index is 11.5. The van der Waals surface area contributed by atoms with Crippen molar-refractivity contribution in [1.29, 1.82) is 0 Å². The highest BCUT2D eigenvalue weighted by Crippen LogP contribution is 2.23. The molecular weight excluding hydrogens is 228 g/mol. The van der Waals surface area contributed by atoms with Crippen LogP contribution in [0.15, 0.2) is 0 Å². The molecule has 2 unspecified atom stereocenters. The normalized spacial score (nSPS) is 26.4. The van der Waals surface area contributed by atoms with Gasteiger partial charge in [0, 0.05) is 12.3 Å². The Balaban J connectivity index is 2.48. The summed E-state index contributed by atoms with van der Waals surface area (Å²) in [4.78, 5) is 11.5. The molecule has 1 aliphatic carbocycles. The van der Waals surface area contributed by atoms with E-state index in [1.807, 2.05) is 0 Å². The molecule has 1 rings (SSSR count). The average molecular weight is 248 g/mol. The van der Waals surface area contributed by atoms with Crippen LogP contribution in [0.25, 0.3) is 0 Å². The molecule has 0 saturated heterocycles. The molecular formula is C10H20N2O3S. The van der Waals surface area contributed by atoms with Gasteiger partial charge >= 0.3 is 0 Å². The molecule has 1 saturated carbocycles. The van der Waals surface area contributed by atoms with Crippen LogP contribution in [0.1, 0.15) is 25.7 Å². The van der Waals surface area contributed by atoms with E-state index < -0.39 is 21.5 Å². The predicted octanol–water partition coefficient (Wildman–Crippen LogP) is -0.335. The summed E-state index contributed by atoms with van der Waals surface area (Å²) in [6.45, 7) is 0.545. The van der Waals surface area contributed by atoms with E-state index in [9.17, 15) is 13.2 Å². The van der Waals surface area contributed by atoms with Gasteiger partial charge in [-0.05, 0) is 25.3 Å². The van der Waals surface area contributed by atoms with Crippen LogP contribution in [-0.4, -0.2) is 38.9 Å². The van der Waals surface area contributed by atoms with Gasteiger partial charge < -0.3 is 11.1 Å². The van der Waals surface area contributed by atoms with Crippen LogP contribution >= 0.6 is 0 Å². The van der Waals surface area contributed by atoms with Crippen molar-refractivity contribution < 1.29 is 13.2 Å². The maximum absolute atomic E-state index is 11.5. The fraction of sp³-hybridized carbons (Fsp3) is 0.900. The molecule has 1 aliphatic rings. The molecule has 0 aliphatic heterocycles. The van der Waals surface area contributed by atoms with Gasteiger partial charge in [-0.1, -0.05) is 12.8 Å². The molecule has 0 aromatic rings. The number of carbonyl (C=O) groups is 1. The molecule has 1 fully saturated rings. The summed E-state index contributed by atoms with van der Waals surface area (Å²) in [6, 6.07) is 0.0491. The van der Waals surface area contributed by atoms with Gasteiger partial charge in [-0.3, -0.25) is 4.79 Å². The van der Waals surface area contributed by atoms with E-state index in [0.717, 1.165) is 31.9 Å². The minimum absolute atomic E-state index is 0.0491. The fourth-order valence-electron chi connectivity index (χ4n) is 2.17. The first-order chi connectivity index (χ1) is 7.42. The van der Waals surface area contributed by atoms with Crippen LogP contribution in [-0.2, 0) is 14.6 Å². The quantitative estimate of drug-likeness (QED) is 0.712. The lowest BCUT2D eigenvalue weighted by molar-refractivity contribution is -0.119. The summed E-state index contributed by atoms with van der Waals surface area (Å²) in [7, 11) is -3.24. The minimum atomic E-state index is -3.24. The van der Waals surface area contributed by atoms with Crippen molar-refractivity contribution in [1.82, 2.24) is 5.32 Å². The second-order valence-corrected chi connectivity index (χ2v) is 6.66. The van der Waals surface area contributed by atoms with Gasteiger partial charge in [0.1, 0.15) is 5.75 Å². The lowest BCUT2D eigenvalue weighted by Gasteiger charge is -2.31. The highest BCUT2D eigenvalue weighted by atomic mass is 32.2. The van der Waals surface area contributed by atoms with Crippen LogP contribution in [0, 0.1) is 5.92 Å². The lowest BCUT2D eigenvalue weighted by atomic mass is 9.84. The molecule has 3 N–H and O–H groups in total. The van der Waals surface area contributed by atoms with Gasteiger partial charge in [0.05, 0.1) is 0 Å². The number of nitrogens with one attached hydrogen (secondary N) is 1. The van der Waals surface area contributed by atoms with Crippen molar-refractivity contribution in [2.24, 2.45) is 11.7 Å². The molecule has 0 bridgehead atoms. The second kappa shape index (κ2) is 5.63. The fourth-order valence-corrected chi connectivity index (χ4v) is 2.73. The van der Waals surface area contributed by atoms with Gasteiger partial charge in [0.25, 0.3) is 0 Å². The number of hydrogen-bond donors (Lipinski definition) is 2. The molecule has 6 heteroatoms. The highest BCUT2D eigenvalue weighted by Gasteiger charge is 2.26. The summed E-state index contributed by atoms with van der Waals surface area (Å²) in [5.41, 5.74) is 5.63. The lowest BCUT2D eigenvalue weighted by Crippen LogP contribution is -2.46. The van der Waals surface area contributed by atoms with Crippen LogP contribution in [0.5, 0.6) is 0 Å². The maximum Gasteiger partial charge on any atom is 0.235 e. The molecule has 94 valence electrons. The zero-order chi connectivity index (χ0) is 12.2. The Labute approximate surface area is 96.7 Å². The monoisotopic (exact) mass is 248 g/mol. The van der Waals surface area contributed by atoms with Crippen molar-refractivity contribution in [3.63, 3.8) is 0 Å². The first-order valence-electron chi connectivity index (χ1n) is 5.59. The Morgan fingerprint density at radius 3 is 2.56 bits per heavy atom. The van der Waals surface area contributed by atoms with E-state index in [4.69, 9.17) is 5.73 Å². The minimum Gasteiger partial charge on any atom is -0.352 e. The van der Waals surface area contributed by atoms with Crippen molar-refractivity contribution >= 4 is 15.7 Å². The third-order valence-corrected chi connectivity index (χ3v) is 3.74. The summed E-state index contributed by atoms with van der Waals surface area (Å²) in [5, 5.41) is 2.78. The van der Waals surface area contributed by atoms with E-state index >= 15 is 0 Å². The smallest absolute Gasteiger partial charge is 0.235 e. The van der Waals surface area contributed by atoms with E-state index in [2.05, 4.69) is 5.32 Å². The molecule has 0 aromatic heterocycles. The Morgan fingerprint density at radius 2 is 2.00 bits per heavy atom. The number of amides is 1. The molecule has 1 amide bonds. The zero-order valence-corrected chi connectivity index (χ0v) is 10.4. The molecule has 5 nitrogen and oxygen atoms in total. The van der Waals surface area contributed by atoms with E-state index in [1.54, 1.807) is 0 Å². The molecule has 0 spiro atoms. The zero-order valence-electron chi connectivity index (χ0n) is 9.61. The summed E-state index contributed by atoms with van der Waals surface area (Å²) < 4.78 is 21.9. The Morgan fingerprint density at radius 1 is 1.38 bits per heavy atom. The van der Waals surface area contributed by atoms with Gasteiger partial charge in [-0.25, -0.2) is 8.42 Å². The largest absolute Gasteiger partial charge is 0.352 e. The first kappa shape index (κ1) is 13.4. The van der Waals surface area contributed by atoms with Crippen LogP contribution in [0.4, 0.5) is 0 Å².